The number of hydrazone groups is 1. The molecule has 0 aromatic heterocycles. The van der Waals surface area contributed by atoms with E-state index in [0.717, 1.165) is 11.3 Å². The van der Waals surface area contributed by atoms with E-state index in [-0.39, 0.29) is 17.6 Å². The third-order valence-corrected chi connectivity index (χ3v) is 7.89. The van der Waals surface area contributed by atoms with Crippen LogP contribution in [0.3, 0.4) is 0 Å². The van der Waals surface area contributed by atoms with Crippen LogP contribution in [-0.2, 0) is 14.3 Å². The number of hydrogen-bond acceptors (Lipinski definition) is 7. The molecule has 2 aliphatic heterocycles. The second kappa shape index (κ2) is 9.40. The highest BCUT2D eigenvalue weighted by atomic mass is 32.2. The van der Waals surface area contributed by atoms with Gasteiger partial charge in [-0.05, 0) is 54.6 Å². The molecule has 0 N–H and O–H groups in total. The van der Waals surface area contributed by atoms with E-state index >= 15 is 0 Å². The summed E-state index contributed by atoms with van der Waals surface area (Å²) in [6.45, 7) is 2.00. The predicted octanol–water partition coefficient (Wildman–Crippen LogP) is 5.55. The summed E-state index contributed by atoms with van der Waals surface area (Å²) in [5.41, 5.74) is 2.39. The lowest BCUT2D eigenvalue weighted by Crippen LogP contribution is -2.51. The summed E-state index contributed by atoms with van der Waals surface area (Å²) in [5, 5.41) is 6.60. The Morgan fingerprint density at radius 1 is 0.912 bits per heavy atom. The monoisotopic (exact) mass is 487 g/mol. The molecular formula is C26H21N3O3S2. The van der Waals surface area contributed by atoms with Crippen LogP contribution in [0.2, 0.25) is 0 Å². The molecule has 1 atom stereocenters. The van der Waals surface area contributed by atoms with Crippen LogP contribution in [0.1, 0.15) is 12.5 Å². The molecule has 5 rings (SSSR count). The number of carbonyl (C=O) groups excluding carboxylic acids is 2. The van der Waals surface area contributed by atoms with Gasteiger partial charge >= 0.3 is 5.97 Å². The van der Waals surface area contributed by atoms with Gasteiger partial charge in [-0.3, -0.25) is 9.69 Å². The molecule has 1 unspecified atom stereocenters. The lowest BCUT2D eigenvalue weighted by molar-refractivity contribution is -0.134. The van der Waals surface area contributed by atoms with Gasteiger partial charge in [0.25, 0.3) is 5.91 Å². The van der Waals surface area contributed by atoms with E-state index in [1.165, 1.54) is 23.5 Å². The first kappa shape index (κ1) is 22.3. The number of benzene rings is 3. The SMILES string of the molecule is CCOC(=O)C1=NN(c2ccccc2)C2(SC(=Cc3ccccc3)C(=O)N2c2ccccc2)S1. The largest absolute Gasteiger partial charge is 0.461 e. The van der Waals surface area contributed by atoms with Crippen LogP contribution in [-0.4, -0.2) is 27.9 Å². The van der Waals surface area contributed by atoms with Crippen LogP contribution in [0.5, 0.6) is 0 Å². The lowest BCUT2D eigenvalue weighted by Gasteiger charge is -2.38. The van der Waals surface area contributed by atoms with Gasteiger partial charge in [0.1, 0.15) is 0 Å². The molecule has 8 heteroatoms. The Hall–Kier alpha value is -3.49. The summed E-state index contributed by atoms with van der Waals surface area (Å²) in [6, 6.07) is 28.7. The number of thioether (sulfide) groups is 2. The highest BCUT2D eigenvalue weighted by molar-refractivity contribution is 8.29. The molecule has 170 valence electrons. The maximum absolute atomic E-state index is 13.9. The number of para-hydroxylation sites is 2. The summed E-state index contributed by atoms with van der Waals surface area (Å²) < 4.78 is 4.19. The number of rotatable bonds is 5. The summed E-state index contributed by atoms with van der Waals surface area (Å²) in [5.74, 6) is -0.666. The first-order valence-electron chi connectivity index (χ1n) is 10.8. The van der Waals surface area contributed by atoms with Crippen LogP contribution in [0.15, 0.2) is 101 Å². The van der Waals surface area contributed by atoms with Crippen molar-refractivity contribution in [1.82, 2.24) is 0 Å². The number of ether oxygens (including phenoxy) is 1. The highest BCUT2D eigenvalue weighted by Gasteiger charge is 2.60. The second-order valence-electron chi connectivity index (χ2n) is 7.42. The van der Waals surface area contributed by atoms with Crippen molar-refractivity contribution in [2.45, 2.75) is 11.3 Å². The Kier molecular flexibility index (Phi) is 6.17. The minimum absolute atomic E-state index is 0.159. The number of amides is 1. The zero-order chi connectivity index (χ0) is 23.5. The summed E-state index contributed by atoms with van der Waals surface area (Å²) in [4.78, 5) is 28.9. The van der Waals surface area contributed by atoms with Gasteiger partial charge in [-0.1, -0.05) is 78.5 Å². The number of anilines is 2. The molecule has 3 aromatic carbocycles. The van der Waals surface area contributed by atoms with Gasteiger partial charge in [0, 0.05) is 5.69 Å². The number of hydrogen-bond donors (Lipinski definition) is 0. The second-order valence-corrected chi connectivity index (χ2v) is 10.1. The normalized spacial score (nSPS) is 20.8. The van der Waals surface area contributed by atoms with Gasteiger partial charge < -0.3 is 4.74 Å². The number of carbonyl (C=O) groups is 2. The van der Waals surface area contributed by atoms with E-state index in [1.54, 1.807) is 16.8 Å². The smallest absolute Gasteiger partial charge is 0.365 e. The first-order valence-corrected chi connectivity index (χ1v) is 12.4. The Morgan fingerprint density at radius 2 is 1.50 bits per heavy atom. The van der Waals surface area contributed by atoms with Crippen LogP contribution < -0.4 is 9.91 Å². The Balaban J connectivity index is 1.67. The molecule has 0 saturated carbocycles. The average molecular weight is 488 g/mol. The molecule has 1 spiro atoms. The summed E-state index contributed by atoms with van der Waals surface area (Å²) in [6.07, 6.45) is 1.88. The van der Waals surface area contributed by atoms with E-state index in [1.807, 2.05) is 97.1 Å². The molecule has 3 aromatic rings. The fraction of sp³-hybridized carbons (Fsp3) is 0.115. The zero-order valence-electron chi connectivity index (χ0n) is 18.3. The van der Waals surface area contributed by atoms with Gasteiger partial charge in [0.15, 0.2) is 0 Å². The maximum Gasteiger partial charge on any atom is 0.365 e. The molecule has 1 amide bonds. The van der Waals surface area contributed by atoms with Gasteiger partial charge in [0.2, 0.25) is 9.37 Å². The van der Waals surface area contributed by atoms with Crippen LogP contribution in [0.4, 0.5) is 11.4 Å². The van der Waals surface area contributed by atoms with Crippen LogP contribution in [0.25, 0.3) is 6.08 Å². The molecule has 34 heavy (non-hydrogen) atoms. The summed E-state index contributed by atoms with van der Waals surface area (Å²) >= 11 is 2.59. The van der Waals surface area contributed by atoms with E-state index < -0.39 is 10.3 Å². The molecule has 6 nitrogen and oxygen atoms in total. The molecular weight excluding hydrogens is 466 g/mol. The van der Waals surface area contributed by atoms with Crippen molar-refractivity contribution in [2.24, 2.45) is 5.10 Å². The molecule has 1 saturated heterocycles. The van der Waals surface area contributed by atoms with Crippen molar-refractivity contribution in [3.8, 4) is 0 Å². The highest BCUT2D eigenvalue weighted by Crippen LogP contribution is 2.59. The van der Waals surface area contributed by atoms with E-state index in [9.17, 15) is 9.59 Å². The molecule has 2 aliphatic rings. The van der Waals surface area contributed by atoms with Crippen molar-refractivity contribution in [3.05, 3.63) is 101 Å². The van der Waals surface area contributed by atoms with Gasteiger partial charge in [-0.15, -0.1) is 0 Å². The standard InChI is InChI=1S/C26H21N3O3S2/c1-2-32-25(31)23-27-29(21-16-10-5-11-17-21)26(34-23)28(20-14-8-4-9-15-20)24(30)22(33-26)18-19-12-6-3-7-13-19/h3-18H,2H2,1H3. The quantitative estimate of drug-likeness (QED) is 0.347. The van der Waals surface area contributed by atoms with Gasteiger partial charge in [0.05, 0.1) is 17.2 Å². The van der Waals surface area contributed by atoms with Gasteiger partial charge in [-0.25, -0.2) is 9.80 Å². The van der Waals surface area contributed by atoms with Crippen LogP contribution >= 0.6 is 23.5 Å². The van der Waals surface area contributed by atoms with Crippen molar-refractivity contribution < 1.29 is 14.3 Å². The number of nitrogens with zero attached hydrogens (tertiary/aromatic N) is 3. The molecule has 0 aliphatic carbocycles. The van der Waals surface area contributed by atoms with E-state index in [0.29, 0.717) is 10.6 Å². The fourth-order valence-corrected chi connectivity index (χ4v) is 6.61. The average Bonchev–Trinajstić information content (AvgIpc) is 3.38. The fourth-order valence-electron chi connectivity index (χ4n) is 3.73. The van der Waals surface area contributed by atoms with E-state index in [4.69, 9.17) is 4.74 Å². The van der Waals surface area contributed by atoms with Crippen molar-refractivity contribution in [2.75, 3.05) is 16.5 Å². The van der Waals surface area contributed by atoms with Crippen molar-refractivity contribution in [1.29, 1.82) is 0 Å². The predicted molar refractivity (Wildman–Crippen MR) is 139 cm³/mol. The minimum Gasteiger partial charge on any atom is -0.461 e. The van der Waals surface area contributed by atoms with E-state index in [2.05, 4.69) is 5.10 Å². The maximum atomic E-state index is 13.9. The third kappa shape index (κ3) is 3.99. The first-order chi connectivity index (χ1) is 16.6. The van der Waals surface area contributed by atoms with Crippen molar-refractivity contribution >= 4 is 57.9 Å². The topological polar surface area (TPSA) is 62.2 Å². The lowest BCUT2D eigenvalue weighted by atomic mass is 10.2. The Morgan fingerprint density at radius 3 is 2.12 bits per heavy atom. The van der Waals surface area contributed by atoms with Gasteiger partial charge in [-0.2, -0.15) is 5.10 Å². The summed E-state index contributed by atoms with van der Waals surface area (Å²) in [7, 11) is 0. The molecule has 0 bridgehead atoms. The Labute approximate surface area is 206 Å². The number of esters is 1. The van der Waals surface area contributed by atoms with Crippen molar-refractivity contribution in [3.63, 3.8) is 0 Å². The zero-order valence-corrected chi connectivity index (χ0v) is 20.0. The molecule has 2 heterocycles. The molecule has 1 fully saturated rings. The third-order valence-electron chi connectivity index (χ3n) is 5.19. The molecule has 0 radical (unpaired) electrons. The minimum atomic E-state index is -1.07. The van der Waals surface area contributed by atoms with Crippen LogP contribution in [0, 0.1) is 0 Å². The Bertz CT molecular complexity index is 1270.